The first-order valence-electron chi connectivity index (χ1n) is 13.5. The summed E-state index contributed by atoms with van der Waals surface area (Å²) < 4.78 is 98.2. The number of ether oxygens (including phenoxy) is 8. The third-order valence-electron chi connectivity index (χ3n) is 6.26. The molecule has 0 bridgehead atoms. The lowest BCUT2D eigenvalue weighted by Gasteiger charge is -2.41. The van der Waals surface area contributed by atoms with E-state index in [0.717, 1.165) is 18.2 Å². The fraction of sp³-hybridized carbons (Fsp3) is 0.483. The Morgan fingerprint density at radius 1 is 0.795 bits per heavy atom. The molecule has 2 aromatic rings. The van der Waals surface area contributed by atoms with Crippen LogP contribution in [-0.2, 0) is 45.8 Å². The third kappa shape index (κ3) is 8.88. The Morgan fingerprint density at radius 3 is 1.86 bits per heavy atom. The minimum Gasteiger partial charge on any atom is -0.497 e. The van der Waals surface area contributed by atoms with Gasteiger partial charge in [0.05, 0.1) is 32.5 Å². The van der Waals surface area contributed by atoms with Crippen molar-refractivity contribution in [1.82, 2.24) is 0 Å². The van der Waals surface area contributed by atoms with Gasteiger partial charge in [0.1, 0.15) is 11.9 Å². The van der Waals surface area contributed by atoms with Crippen LogP contribution in [0.5, 0.6) is 5.75 Å². The quantitative estimate of drug-likeness (QED) is 0.167. The smallest absolute Gasteiger partial charge is 0.497 e. The fourth-order valence-corrected chi connectivity index (χ4v) is 4.38. The Hall–Kier alpha value is -4.27. The summed E-state index contributed by atoms with van der Waals surface area (Å²) in [6.07, 6.45) is -19.0. The number of hydrogen-bond donors (Lipinski definition) is 0. The number of halogens is 4. The summed E-state index contributed by atoms with van der Waals surface area (Å²) in [7, 11) is 1.44. The Balaban J connectivity index is 2.12. The van der Waals surface area contributed by atoms with Gasteiger partial charge in [0, 0.05) is 0 Å². The van der Waals surface area contributed by atoms with Crippen LogP contribution >= 0.6 is 0 Å². The van der Waals surface area contributed by atoms with Crippen LogP contribution in [0.1, 0.15) is 49.1 Å². The average Bonchev–Trinajstić information content (AvgIpc) is 2.96. The van der Waals surface area contributed by atoms with Gasteiger partial charge < -0.3 is 37.9 Å². The molecular formula is C29H32F4O11. The highest BCUT2D eigenvalue weighted by atomic mass is 19.4. The van der Waals surface area contributed by atoms with Gasteiger partial charge in [-0.25, -0.2) is 18.8 Å². The molecule has 15 heteroatoms. The minimum atomic E-state index is -4.76. The monoisotopic (exact) mass is 632 g/mol. The maximum Gasteiger partial charge on any atom is 0.510 e. The Morgan fingerprint density at radius 2 is 1.34 bits per heavy atom. The predicted octanol–water partition coefficient (Wildman–Crippen LogP) is 6.30. The molecule has 44 heavy (non-hydrogen) atoms. The van der Waals surface area contributed by atoms with Gasteiger partial charge in [-0.15, -0.1) is 0 Å². The van der Waals surface area contributed by atoms with Gasteiger partial charge >= 0.3 is 24.6 Å². The highest BCUT2D eigenvalue weighted by Gasteiger charge is 2.54. The molecule has 242 valence electrons. The van der Waals surface area contributed by atoms with Gasteiger partial charge in [-0.2, -0.15) is 13.2 Å². The average molecular weight is 633 g/mol. The highest BCUT2D eigenvalue weighted by molar-refractivity contribution is 5.62. The first-order chi connectivity index (χ1) is 20.9. The summed E-state index contributed by atoms with van der Waals surface area (Å²) in [6, 6.07) is 9.24. The first-order valence-corrected chi connectivity index (χ1v) is 13.5. The molecule has 1 unspecified atom stereocenters. The number of hydrogen-bond acceptors (Lipinski definition) is 11. The van der Waals surface area contributed by atoms with Crippen LogP contribution in [0.3, 0.4) is 0 Å². The molecule has 0 aromatic heterocycles. The minimum absolute atomic E-state index is 0.0578. The van der Waals surface area contributed by atoms with Crippen LogP contribution in [0.2, 0.25) is 0 Å². The van der Waals surface area contributed by atoms with E-state index in [1.807, 2.05) is 0 Å². The number of methoxy groups -OCH3 is 1. The van der Waals surface area contributed by atoms with E-state index >= 15 is 4.39 Å². The summed E-state index contributed by atoms with van der Waals surface area (Å²) in [5.74, 6) is 0.495. The van der Waals surface area contributed by atoms with E-state index in [-0.39, 0.29) is 37.4 Å². The molecule has 0 saturated carbocycles. The molecule has 1 heterocycles. The van der Waals surface area contributed by atoms with E-state index in [0.29, 0.717) is 11.3 Å². The van der Waals surface area contributed by atoms with E-state index in [1.54, 1.807) is 24.3 Å². The van der Waals surface area contributed by atoms with Crippen LogP contribution in [0.25, 0.3) is 0 Å². The van der Waals surface area contributed by atoms with Gasteiger partial charge in [0.15, 0.2) is 12.2 Å². The van der Waals surface area contributed by atoms with Crippen LogP contribution < -0.4 is 4.74 Å². The Kier molecular flexibility index (Phi) is 12.0. The lowest BCUT2D eigenvalue weighted by Crippen LogP contribution is -2.56. The van der Waals surface area contributed by atoms with E-state index in [2.05, 4.69) is 4.74 Å². The predicted molar refractivity (Wildman–Crippen MR) is 142 cm³/mol. The lowest BCUT2D eigenvalue weighted by atomic mass is 9.90. The van der Waals surface area contributed by atoms with E-state index in [1.165, 1.54) is 27.9 Å². The van der Waals surface area contributed by atoms with Crippen LogP contribution in [0.15, 0.2) is 42.5 Å². The Labute approximate surface area is 250 Å². The zero-order valence-electron chi connectivity index (χ0n) is 24.3. The molecule has 3 rings (SSSR count). The molecule has 5 atom stereocenters. The maximum absolute atomic E-state index is 15.8. The van der Waals surface area contributed by atoms with Crippen molar-refractivity contribution in [1.29, 1.82) is 0 Å². The molecular weight excluding hydrogens is 600 g/mol. The Bertz CT molecular complexity index is 1270. The lowest BCUT2D eigenvalue weighted by molar-refractivity contribution is -0.274. The number of alkyl halides is 4. The van der Waals surface area contributed by atoms with Crippen LogP contribution in [0.4, 0.5) is 31.9 Å². The molecule has 1 aliphatic heterocycles. The zero-order valence-corrected chi connectivity index (χ0v) is 24.3. The van der Waals surface area contributed by atoms with Gasteiger partial charge in [0.2, 0.25) is 12.5 Å². The van der Waals surface area contributed by atoms with E-state index in [4.69, 9.17) is 33.2 Å². The van der Waals surface area contributed by atoms with Crippen molar-refractivity contribution in [3.05, 3.63) is 64.7 Å². The van der Waals surface area contributed by atoms with Gasteiger partial charge in [-0.05, 0) is 62.1 Å². The second kappa shape index (κ2) is 15.5. The fourth-order valence-electron chi connectivity index (χ4n) is 4.38. The normalized spacial score (nSPS) is 21.5. The van der Waals surface area contributed by atoms with Gasteiger partial charge in [-0.1, -0.05) is 24.3 Å². The first kappa shape index (κ1) is 34.2. The summed E-state index contributed by atoms with van der Waals surface area (Å²) in [6.45, 7) is 3.92. The second-order valence-corrected chi connectivity index (χ2v) is 9.14. The molecule has 0 spiro atoms. The van der Waals surface area contributed by atoms with E-state index < -0.39 is 61.0 Å². The van der Waals surface area contributed by atoms with Crippen molar-refractivity contribution in [3.63, 3.8) is 0 Å². The number of carbonyl (C=O) groups is 3. The van der Waals surface area contributed by atoms with Crippen LogP contribution in [0, 0.1) is 0 Å². The van der Waals surface area contributed by atoms with Crippen molar-refractivity contribution in [2.75, 3.05) is 26.9 Å². The second-order valence-electron chi connectivity index (χ2n) is 9.14. The SMILES string of the molecule is CCOC(=O)O[C@H]1O[C@@H](c2ccc(C(F)(F)F)c(Cc3ccc(OC)cc3)c2)[C@H](OC(=O)OCC)[C@@H](OC(=O)OCC)C1F. The molecule has 0 aliphatic carbocycles. The van der Waals surface area contributed by atoms with Crippen molar-refractivity contribution in [3.8, 4) is 5.75 Å². The highest BCUT2D eigenvalue weighted by Crippen LogP contribution is 2.41. The zero-order chi connectivity index (χ0) is 32.4. The largest absolute Gasteiger partial charge is 0.510 e. The molecule has 2 aromatic carbocycles. The van der Waals surface area contributed by atoms with Gasteiger partial charge in [0.25, 0.3) is 0 Å². The van der Waals surface area contributed by atoms with Crippen molar-refractivity contribution in [2.45, 2.75) is 64.1 Å². The third-order valence-corrected chi connectivity index (χ3v) is 6.26. The molecule has 11 nitrogen and oxygen atoms in total. The number of rotatable bonds is 10. The maximum atomic E-state index is 15.8. The molecule has 1 fully saturated rings. The molecule has 1 saturated heterocycles. The van der Waals surface area contributed by atoms with E-state index in [9.17, 15) is 27.6 Å². The summed E-state index contributed by atoms with van der Waals surface area (Å²) in [5, 5.41) is 0. The molecule has 0 N–H and O–H groups in total. The van der Waals surface area contributed by atoms with Crippen LogP contribution in [-0.4, -0.2) is 70.1 Å². The summed E-state index contributed by atoms with van der Waals surface area (Å²) in [5.41, 5.74) is -0.754. The van der Waals surface area contributed by atoms with Gasteiger partial charge in [-0.3, -0.25) is 0 Å². The molecule has 0 amide bonds. The number of carbonyl (C=O) groups excluding carboxylic acids is 3. The standard InChI is InChI=1S/C29H32F4O11/c1-5-38-26(34)42-23-21(30)25(44-28(36)40-7-3)41-22(24(23)43-27(35)39-6-2)17-10-13-20(29(31,32)33)18(15-17)14-16-8-11-19(37-4)12-9-16/h8-13,15,21-25H,5-7,14H2,1-4H3/t21?,22-,23-,24-,25+/m0/s1. The summed E-state index contributed by atoms with van der Waals surface area (Å²) in [4.78, 5) is 36.7. The number of benzene rings is 2. The van der Waals surface area contributed by atoms with Crippen molar-refractivity contribution in [2.24, 2.45) is 0 Å². The molecule has 1 aliphatic rings. The van der Waals surface area contributed by atoms with Crippen molar-refractivity contribution < 1.29 is 69.8 Å². The van der Waals surface area contributed by atoms with Crippen molar-refractivity contribution >= 4 is 18.5 Å². The molecule has 0 radical (unpaired) electrons. The summed E-state index contributed by atoms with van der Waals surface area (Å²) >= 11 is 0. The topological polar surface area (TPSA) is 125 Å².